The standard InChI is InChI=1S/C23H22F3N3O2/c1-29(2)12-15-11-18(21(30)27-15)13-7-8-14-10-20(28-22(31)17(14)9-13)16-5-3-4-6-19(16)23(24,25)26/h3-10,15,18H,11-12H2,1-2H3,(H,27,30)(H,28,31)/t15?,18-/m0/s1. The maximum atomic E-state index is 13.4. The van der Waals surface area contributed by atoms with E-state index in [2.05, 4.69) is 10.3 Å². The quantitative estimate of drug-likeness (QED) is 0.664. The molecule has 5 nitrogen and oxygen atoms in total. The zero-order valence-corrected chi connectivity index (χ0v) is 17.1. The number of carbonyl (C=O) groups excluding carboxylic acids is 1. The van der Waals surface area contributed by atoms with Crippen molar-refractivity contribution in [3.8, 4) is 11.3 Å². The summed E-state index contributed by atoms with van der Waals surface area (Å²) in [5, 5.41) is 3.83. The van der Waals surface area contributed by atoms with Crippen LogP contribution in [0.5, 0.6) is 0 Å². The second-order valence-corrected chi connectivity index (χ2v) is 8.16. The highest BCUT2D eigenvalue weighted by atomic mass is 19.4. The summed E-state index contributed by atoms with van der Waals surface area (Å²) in [5.41, 5.74) is -0.562. The maximum absolute atomic E-state index is 13.4. The molecule has 1 aliphatic heterocycles. The highest BCUT2D eigenvalue weighted by Crippen LogP contribution is 2.37. The van der Waals surface area contributed by atoms with Gasteiger partial charge >= 0.3 is 6.18 Å². The molecule has 2 heterocycles. The molecule has 1 amide bonds. The van der Waals surface area contributed by atoms with Crippen molar-refractivity contribution in [3.05, 3.63) is 70.0 Å². The minimum absolute atomic E-state index is 0.0303. The van der Waals surface area contributed by atoms with E-state index in [1.54, 1.807) is 18.2 Å². The van der Waals surface area contributed by atoms with E-state index in [1.807, 2.05) is 19.0 Å². The molecule has 1 unspecified atom stereocenters. The fourth-order valence-electron chi connectivity index (χ4n) is 4.21. The third-order valence-corrected chi connectivity index (χ3v) is 5.56. The number of amides is 1. The topological polar surface area (TPSA) is 65.2 Å². The van der Waals surface area contributed by atoms with Crippen LogP contribution in [0, 0.1) is 0 Å². The Morgan fingerprint density at radius 3 is 2.52 bits per heavy atom. The van der Waals surface area contributed by atoms with Gasteiger partial charge in [0.25, 0.3) is 5.56 Å². The minimum Gasteiger partial charge on any atom is -0.352 e. The van der Waals surface area contributed by atoms with Crippen LogP contribution in [0.4, 0.5) is 13.2 Å². The number of carbonyl (C=O) groups is 1. The van der Waals surface area contributed by atoms with Crippen LogP contribution in [0.15, 0.2) is 53.3 Å². The number of halogens is 3. The molecule has 0 saturated carbocycles. The van der Waals surface area contributed by atoms with Crippen LogP contribution in [0.1, 0.15) is 23.5 Å². The molecule has 0 bridgehead atoms. The zero-order chi connectivity index (χ0) is 22.3. The molecule has 1 saturated heterocycles. The third-order valence-electron chi connectivity index (χ3n) is 5.56. The van der Waals surface area contributed by atoms with Gasteiger partial charge in [-0.3, -0.25) is 9.59 Å². The van der Waals surface area contributed by atoms with Gasteiger partial charge in [-0.2, -0.15) is 13.2 Å². The van der Waals surface area contributed by atoms with Crippen molar-refractivity contribution in [3.63, 3.8) is 0 Å². The van der Waals surface area contributed by atoms with Crippen molar-refractivity contribution in [2.24, 2.45) is 0 Å². The largest absolute Gasteiger partial charge is 0.417 e. The Kier molecular flexibility index (Phi) is 5.35. The fraction of sp³-hybridized carbons (Fsp3) is 0.304. The second kappa shape index (κ2) is 7.85. The Hall–Kier alpha value is -3.13. The van der Waals surface area contributed by atoms with Gasteiger partial charge in [-0.15, -0.1) is 0 Å². The van der Waals surface area contributed by atoms with Crippen LogP contribution in [0.3, 0.4) is 0 Å². The summed E-state index contributed by atoms with van der Waals surface area (Å²) in [6.07, 6.45) is -3.91. The Bertz CT molecular complexity index is 1200. The molecule has 8 heteroatoms. The van der Waals surface area contributed by atoms with Gasteiger partial charge in [0.15, 0.2) is 0 Å². The normalized spacial score (nSPS) is 19.2. The van der Waals surface area contributed by atoms with Crippen molar-refractivity contribution in [1.29, 1.82) is 0 Å². The summed E-state index contributed by atoms with van der Waals surface area (Å²) >= 11 is 0. The molecule has 162 valence electrons. The van der Waals surface area contributed by atoms with Gasteiger partial charge in [0.1, 0.15) is 0 Å². The molecule has 3 aromatic rings. The lowest BCUT2D eigenvalue weighted by atomic mass is 9.93. The number of pyridine rings is 1. The van der Waals surface area contributed by atoms with Crippen LogP contribution in [-0.2, 0) is 11.0 Å². The Morgan fingerprint density at radius 1 is 1.06 bits per heavy atom. The Balaban J connectivity index is 1.72. The number of H-pyrrole nitrogens is 1. The predicted octanol–water partition coefficient (Wildman–Crippen LogP) is 3.75. The molecule has 2 aromatic carbocycles. The van der Waals surface area contributed by atoms with Gasteiger partial charge in [-0.1, -0.05) is 30.3 Å². The number of nitrogens with one attached hydrogen (secondary N) is 2. The van der Waals surface area contributed by atoms with Crippen LogP contribution >= 0.6 is 0 Å². The zero-order valence-electron chi connectivity index (χ0n) is 17.1. The molecule has 1 aliphatic rings. The Morgan fingerprint density at radius 2 is 1.81 bits per heavy atom. The average molecular weight is 429 g/mol. The van der Waals surface area contributed by atoms with E-state index in [4.69, 9.17) is 0 Å². The summed E-state index contributed by atoms with van der Waals surface area (Å²) in [4.78, 5) is 29.8. The second-order valence-electron chi connectivity index (χ2n) is 8.16. The monoisotopic (exact) mass is 429 g/mol. The average Bonchev–Trinajstić information content (AvgIpc) is 3.06. The smallest absolute Gasteiger partial charge is 0.352 e. The number of nitrogens with zero attached hydrogens (tertiary/aromatic N) is 1. The molecular formula is C23H22F3N3O2. The van der Waals surface area contributed by atoms with Gasteiger partial charge in [0.2, 0.25) is 5.91 Å². The van der Waals surface area contributed by atoms with E-state index < -0.39 is 17.3 Å². The number of hydrogen-bond acceptors (Lipinski definition) is 3. The van der Waals surface area contributed by atoms with Gasteiger partial charge < -0.3 is 15.2 Å². The van der Waals surface area contributed by atoms with Crippen molar-refractivity contribution in [1.82, 2.24) is 15.2 Å². The summed E-state index contributed by atoms with van der Waals surface area (Å²) in [6, 6.07) is 11.8. The summed E-state index contributed by atoms with van der Waals surface area (Å²) in [7, 11) is 3.87. The lowest BCUT2D eigenvalue weighted by Gasteiger charge is -2.15. The van der Waals surface area contributed by atoms with Gasteiger partial charge in [-0.05, 0) is 49.7 Å². The van der Waals surface area contributed by atoms with Crippen LogP contribution < -0.4 is 10.9 Å². The molecule has 4 rings (SSSR count). The van der Waals surface area contributed by atoms with Crippen LogP contribution in [-0.4, -0.2) is 42.5 Å². The molecule has 2 atom stereocenters. The minimum atomic E-state index is -4.54. The van der Waals surface area contributed by atoms with Gasteiger partial charge in [0.05, 0.1) is 11.5 Å². The van der Waals surface area contributed by atoms with Crippen LogP contribution in [0.2, 0.25) is 0 Å². The summed E-state index contributed by atoms with van der Waals surface area (Å²) in [5.74, 6) is -0.447. The highest BCUT2D eigenvalue weighted by molar-refractivity contribution is 5.90. The van der Waals surface area contributed by atoms with E-state index in [1.165, 1.54) is 24.3 Å². The number of likely N-dealkylation sites (N-methyl/N-ethyl adjacent to an activating group) is 1. The third kappa shape index (κ3) is 4.20. The number of hydrogen-bond donors (Lipinski definition) is 2. The number of rotatable bonds is 4. The van der Waals surface area contributed by atoms with Gasteiger partial charge in [0, 0.05) is 29.2 Å². The molecule has 2 N–H and O–H groups in total. The molecule has 0 aliphatic carbocycles. The maximum Gasteiger partial charge on any atom is 0.417 e. The van der Waals surface area contributed by atoms with Crippen molar-refractivity contribution < 1.29 is 18.0 Å². The first-order valence-electron chi connectivity index (χ1n) is 9.92. The molecule has 0 spiro atoms. The predicted molar refractivity (Wildman–Crippen MR) is 113 cm³/mol. The SMILES string of the molecule is CN(C)CC1C[C@@H](c2ccc3cc(-c4ccccc4C(F)(F)F)[nH]c(=O)c3c2)C(=O)N1. The van der Waals surface area contributed by atoms with Crippen molar-refractivity contribution in [2.45, 2.75) is 24.6 Å². The lowest BCUT2D eigenvalue weighted by Crippen LogP contribution is -2.35. The van der Waals surface area contributed by atoms with Gasteiger partial charge in [-0.25, -0.2) is 0 Å². The molecule has 0 radical (unpaired) electrons. The van der Waals surface area contributed by atoms with E-state index in [-0.39, 0.29) is 29.1 Å². The van der Waals surface area contributed by atoms with Crippen LogP contribution in [0.25, 0.3) is 22.0 Å². The number of benzene rings is 2. The number of alkyl halides is 3. The first-order chi connectivity index (χ1) is 14.6. The number of aromatic nitrogens is 1. The first kappa shape index (κ1) is 21.1. The molecule has 31 heavy (non-hydrogen) atoms. The molecule has 1 aromatic heterocycles. The first-order valence-corrected chi connectivity index (χ1v) is 9.92. The number of fused-ring (bicyclic) bond motifs is 1. The van der Waals surface area contributed by atoms with E-state index in [0.717, 1.165) is 18.2 Å². The lowest BCUT2D eigenvalue weighted by molar-refractivity contribution is -0.137. The van der Waals surface area contributed by atoms with Crippen molar-refractivity contribution >= 4 is 16.7 Å². The molecular weight excluding hydrogens is 407 g/mol. The number of aromatic amines is 1. The summed E-state index contributed by atoms with van der Waals surface area (Å²) in [6.45, 7) is 0.721. The van der Waals surface area contributed by atoms with Crippen molar-refractivity contribution in [2.75, 3.05) is 20.6 Å². The Labute approximate surface area is 176 Å². The molecule has 1 fully saturated rings. The fourth-order valence-corrected chi connectivity index (χ4v) is 4.21. The highest BCUT2D eigenvalue weighted by Gasteiger charge is 2.34. The van der Waals surface area contributed by atoms with E-state index in [9.17, 15) is 22.8 Å². The van der Waals surface area contributed by atoms with E-state index in [0.29, 0.717) is 17.2 Å². The van der Waals surface area contributed by atoms with E-state index >= 15 is 0 Å². The summed E-state index contributed by atoms with van der Waals surface area (Å²) < 4.78 is 40.2.